The first kappa shape index (κ1) is 11.7. The number of aromatic nitrogens is 2. The van der Waals surface area contributed by atoms with Crippen molar-refractivity contribution < 1.29 is 4.79 Å². The summed E-state index contributed by atoms with van der Waals surface area (Å²) in [5.41, 5.74) is 6.26. The third kappa shape index (κ3) is 2.65. The summed E-state index contributed by atoms with van der Waals surface area (Å²) in [7, 11) is 0. The van der Waals surface area contributed by atoms with E-state index in [9.17, 15) is 4.79 Å². The molecular formula is C11H14N4OS. The molecule has 2 heterocycles. The molecule has 0 spiro atoms. The fraction of sp³-hybridized carbons (Fsp3) is 0.273. The zero-order valence-corrected chi connectivity index (χ0v) is 10.3. The van der Waals surface area contributed by atoms with Crippen LogP contribution in [0.4, 0.5) is 5.69 Å². The van der Waals surface area contributed by atoms with Crippen LogP contribution in [0, 0.1) is 0 Å². The van der Waals surface area contributed by atoms with E-state index in [0.29, 0.717) is 17.9 Å². The van der Waals surface area contributed by atoms with Crippen LogP contribution in [0.1, 0.15) is 27.2 Å². The first-order valence-electron chi connectivity index (χ1n) is 5.35. The van der Waals surface area contributed by atoms with Gasteiger partial charge in [0, 0.05) is 9.75 Å². The summed E-state index contributed by atoms with van der Waals surface area (Å²) in [4.78, 5) is 14.2. The molecule has 4 N–H and O–H groups in total. The Morgan fingerprint density at radius 3 is 2.88 bits per heavy atom. The number of H-pyrrole nitrogens is 1. The third-order valence-corrected chi connectivity index (χ3v) is 3.61. The minimum absolute atomic E-state index is 0.230. The Bertz CT molecular complexity index is 517. The highest BCUT2D eigenvalue weighted by Crippen LogP contribution is 2.16. The summed E-state index contributed by atoms with van der Waals surface area (Å²) in [6.07, 6.45) is 2.45. The normalized spacial score (nSPS) is 10.4. The van der Waals surface area contributed by atoms with Crippen LogP contribution >= 0.6 is 11.3 Å². The van der Waals surface area contributed by atoms with Crippen LogP contribution in [-0.4, -0.2) is 16.1 Å². The number of nitrogens with one attached hydrogen (secondary N) is 2. The Morgan fingerprint density at radius 2 is 2.29 bits per heavy atom. The Morgan fingerprint density at radius 1 is 1.53 bits per heavy atom. The first-order chi connectivity index (χ1) is 8.20. The molecule has 17 heavy (non-hydrogen) atoms. The molecule has 0 radical (unpaired) electrons. The second-order valence-electron chi connectivity index (χ2n) is 3.60. The standard InChI is InChI=1S/C11H14N4OS/c1-2-7-3-4-8(17-7)5-13-11(16)10-9(12)6-14-15-10/h3-4,6H,2,5,12H2,1H3,(H,13,16)(H,14,15). The second-order valence-corrected chi connectivity index (χ2v) is 4.86. The fourth-order valence-electron chi connectivity index (χ4n) is 1.44. The average molecular weight is 250 g/mol. The SMILES string of the molecule is CCc1ccc(CNC(=O)c2[nH]ncc2N)s1. The third-order valence-electron chi connectivity index (χ3n) is 2.38. The number of aryl methyl sites for hydroxylation is 1. The van der Waals surface area contributed by atoms with Gasteiger partial charge < -0.3 is 11.1 Å². The van der Waals surface area contributed by atoms with Crippen LogP contribution in [0.25, 0.3) is 0 Å². The maximum Gasteiger partial charge on any atom is 0.271 e. The van der Waals surface area contributed by atoms with E-state index in [4.69, 9.17) is 5.73 Å². The number of nitrogens with two attached hydrogens (primary N) is 1. The van der Waals surface area contributed by atoms with Crippen LogP contribution in [-0.2, 0) is 13.0 Å². The van der Waals surface area contributed by atoms with Crippen LogP contribution in [0.3, 0.4) is 0 Å². The van der Waals surface area contributed by atoms with E-state index in [1.807, 2.05) is 6.07 Å². The van der Waals surface area contributed by atoms with Crippen molar-refractivity contribution in [1.82, 2.24) is 15.5 Å². The lowest BCUT2D eigenvalue weighted by atomic mass is 10.3. The topological polar surface area (TPSA) is 83.8 Å². The van der Waals surface area contributed by atoms with Crippen molar-refractivity contribution in [3.8, 4) is 0 Å². The fourth-order valence-corrected chi connectivity index (χ4v) is 2.34. The summed E-state index contributed by atoms with van der Waals surface area (Å²) >= 11 is 1.70. The molecule has 0 aliphatic rings. The van der Waals surface area contributed by atoms with Crippen LogP contribution < -0.4 is 11.1 Å². The van der Waals surface area contributed by atoms with Crippen LogP contribution in [0.2, 0.25) is 0 Å². The van der Waals surface area contributed by atoms with Crippen molar-refractivity contribution in [1.29, 1.82) is 0 Å². The van der Waals surface area contributed by atoms with Gasteiger partial charge in [0.2, 0.25) is 0 Å². The highest BCUT2D eigenvalue weighted by molar-refractivity contribution is 7.11. The molecule has 0 atom stereocenters. The molecule has 0 aromatic carbocycles. The Balaban J connectivity index is 1.94. The lowest BCUT2D eigenvalue weighted by molar-refractivity contribution is 0.0947. The number of carbonyl (C=O) groups is 1. The molecule has 0 saturated carbocycles. The number of thiophene rings is 1. The molecule has 0 aliphatic heterocycles. The molecular weight excluding hydrogens is 236 g/mol. The maximum atomic E-state index is 11.7. The van der Waals surface area contributed by atoms with Gasteiger partial charge in [-0.15, -0.1) is 11.3 Å². The van der Waals surface area contributed by atoms with Crippen molar-refractivity contribution in [2.45, 2.75) is 19.9 Å². The number of nitrogens with zero attached hydrogens (tertiary/aromatic N) is 1. The lowest BCUT2D eigenvalue weighted by Gasteiger charge is -2.01. The van der Waals surface area contributed by atoms with Gasteiger partial charge in [-0.25, -0.2) is 0 Å². The van der Waals surface area contributed by atoms with Crippen molar-refractivity contribution in [3.05, 3.63) is 33.8 Å². The number of rotatable bonds is 4. The smallest absolute Gasteiger partial charge is 0.271 e. The molecule has 0 bridgehead atoms. The molecule has 0 fully saturated rings. The molecule has 2 aromatic rings. The van der Waals surface area contributed by atoms with E-state index in [1.54, 1.807) is 11.3 Å². The van der Waals surface area contributed by atoms with Gasteiger partial charge in [0.15, 0.2) is 0 Å². The van der Waals surface area contributed by atoms with E-state index in [0.717, 1.165) is 11.3 Å². The van der Waals surface area contributed by atoms with E-state index in [1.165, 1.54) is 11.1 Å². The van der Waals surface area contributed by atoms with Crippen molar-refractivity contribution in [2.75, 3.05) is 5.73 Å². The summed E-state index contributed by atoms with van der Waals surface area (Å²) in [5.74, 6) is -0.230. The van der Waals surface area contributed by atoms with Gasteiger partial charge in [-0.1, -0.05) is 6.92 Å². The lowest BCUT2D eigenvalue weighted by Crippen LogP contribution is -2.23. The van der Waals surface area contributed by atoms with E-state index >= 15 is 0 Å². The van der Waals surface area contributed by atoms with Gasteiger partial charge in [0.25, 0.3) is 5.91 Å². The largest absolute Gasteiger partial charge is 0.396 e. The minimum atomic E-state index is -0.230. The summed E-state index contributed by atoms with van der Waals surface area (Å²) < 4.78 is 0. The summed E-state index contributed by atoms with van der Waals surface area (Å²) in [5, 5.41) is 9.08. The number of hydrogen-bond acceptors (Lipinski definition) is 4. The molecule has 6 heteroatoms. The number of aromatic amines is 1. The Hall–Kier alpha value is -1.82. The predicted octanol–water partition coefficient (Wildman–Crippen LogP) is 1.55. The van der Waals surface area contributed by atoms with Gasteiger partial charge >= 0.3 is 0 Å². The molecule has 2 rings (SSSR count). The average Bonchev–Trinajstić information content (AvgIpc) is 2.94. The number of anilines is 1. The summed E-state index contributed by atoms with van der Waals surface area (Å²) in [6.45, 7) is 2.63. The van der Waals surface area contributed by atoms with Crippen molar-refractivity contribution in [3.63, 3.8) is 0 Å². The van der Waals surface area contributed by atoms with Gasteiger partial charge in [-0.3, -0.25) is 9.89 Å². The molecule has 0 aliphatic carbocycles. The molecule has 0 unspecified atom stereocenters. The number of amides is 1. The van der Waals surface area contributed by atoms with Gasteiger partial charge in [0.05, 0.1) is 18.4 Å². The molecule has 90 valence electrons. The van der Waals surface area contributed by atoms with E-state index in [2.05, 4.69) is 28.5 Å². The minimum Gasteiger partial charge on any atom is -0.396 e. The quantitative estimate of drug-likeness (QED) is 0.769. The monoisotopic (exact) mass is 250 g/mol. The first-order valence-corrected chi connectivity index (χ1v) is 6.17. The number of hydrogen-bond donors (Lipinski definition) is 3. The van der Waals surface area contributed by atoms with Crippen molar-refractivity contribution >= 4 is 22.9 Å². The molecule has 5 nitrogen and oxygen atoms in total. The Labute approximate surface area is 103 Å². The van der Waals surface area contributed by atoms with Crippen molar-refractivity contribution in [2.24, 2.45) is 0 Å². The van der Waals surface area contributed by atoms with Crippen LogP contribution in [0.5, 0.6) is 0 Å². The molecule has 0 saturated heterocycles. The predicted molar refractivity (Wildman–Crippen MR) is 67.9 cm³/mol. The molecule has 1 amide bonds. The Kier molecular flexibility index (Phi) is 3.43. The highest BCUT2D eigenvalue weighted by atomic mass is 32.1. The zero-order valence-electron chi connectivity index (χ0n) is 9.49. The number of carbonyl (C=O) groups excluding carboxylic acids is 1. The van der Waals surface area contributed by atoms with Gasteiger partial charge in [-0.2, -0.15) is 5.10 Å². The van der Waals surface area contributed by atoms with Gasteiger partial charge in [0.1, 0.15) is 5.69 Å². The highest BCUT2D eigenvalue weighted by Gasteiger charge is 2.11. The van der Waals surface area contributed by atoms with E-state index < -0.39 is 0 Å². The van der Waals surface area contributed by atoms with Crippen LogP contribution in [0.15, 0.2) is 18.3 Å². The van der Waals surface area contributed by atoms with Gasteiger partial charge in [-0.05, 0) is 18.6 Å². The number of nitrogen functional groups attached to an aromatic ring is 1. The second kappa shape index (κ2) is 5.01. The molecule has 2 aromatic heterocycles. The maximum absolute atomic E-state index is 11.7. The zero-order chi connectivity index (χ0) is 12.3. The summed E-state index contributed by atoms with van der Waals surface area (Å²) in [6, 6.07) is 4.11. The van der Waals surface area contributed by atoms with E-state index in [-0.39, 0.29) is 5.91 Å².